The van der Waals surface area contributed by atoms with Crippen LogP contribution in [0.25, 0.3) is 10.9 Å². The van der Waals surface area contributed by atoms with Crippen LogP contribution in [0.1, 0.15) is 24.1 Å². The maximum absolute atomic E-state index is 12.3. The summed E-state index contributed by atoms with van der Waals surface area (Å²) in [6.07, 6.45) is 2.76. The Morgan fingerprint density at radius 2 is 1.96 bits per heavy atom. The summed E-state index contributed by atoms with van der Waals surface area (Å²) in [5.41, 5.74) is 2.86. The maximum atomic E-state index is 12.3. The lowest BCUT2D eigenvalue weighted by molar-refractivity contribution is 0.198. The molecule has 0 amide bonds. The van der Waals surface area contributed by atoms with Gasteiger partial charge < -0.3 is 4.98 Å². The first-order chi connectivity index (χ1) is 11.3. The first kappa shape index (κ1) is 17.1. The fraction of sp³-hybridized carbons (Fsp3) is 0.471. The van der Waals surface area contributed by atoms with Gasteiger partial charge in [-0.3, -0.25) is 9.69 Å². The van der Waals surface area contributed by atoms with Crippen LogP contribution < -0.4 is 10.2 Å². The zero-order valence-electron chi connectivity index (χ0n) is 14.0. The number of H-pyrrole nitrogens is 1. The van der Waals surface area contributed by atoms with Crippen LogP contribution in [0.4, 0.5) is 0 Å². The number of hydrogen-bond acceptors (Lipinski definition) is 4. The lowest BCUT2D eigenvalue weighted by Crippen LogP contribution is -2.44. The number of aromatic amines is 1. The minimum Gasteiger partial charge on any atom is -0.357 e. The molecular weight excluding hydrogens is 326 g/mol. The van der Waals surface area contributed by atoms with Crippen LogP contribution in [0.3, 0.4) is 0 Å². The largest absolute Gasteiger partial charge is 0.357 e. The molecule has 0 unspecified atom stereocenters. The fourth-order valence-electron chi connectivity index (χ4n) is 3.25. The lowest BCUT2D eigenvalue weighted by atomic mass is 10.1. The molecule has 3 rings (SSSR count). The molecule has 130 valence electrons. The summed E-state index contributed by atoms with van der Waals surface area (Å²) in [4.78, 5) is 17.9. The highest BCUT2D eigenvalue weighted by Crippen LogP contribution is 2.15. The Hall–Kier alpha value is -1.70. The molecule has 1 aromatic heterocycles. The minimum absolute atomic E-state index is 0.00915. The molecule has 0 aliphatic carbocycles. The summed E-state index contributed by atoms with van der Waals surface area (Å²) >= 11 is 0. The summed E-state index contributed by atoms with van der Waals surface area (Å²) in [5.74, 6) is 0. The molecule has 24 heavy (non-hydrogen) atoms. The highest BCUT2D eigenvalue weighted by molar-refractivity contribution is 7.88. The molecule has 1 aromatic carbocycles. The molecule has 2 aromatic rings. The predicted molar refractivity (Wildman–Crippen MR) is 95.6 cm³/mol. The maximum Gasteiger partial charge on any atom is 0.208 e. The predicted octanol–water partition coefficient (Wildman–Crippen LogP) is 1.35. The number of nitrogens with one attached hydrogen (secondary N) is 2. The normalized spacial score (nSPS) is 17.4. The number of fused-ring (bicyclic) bond motifs is 1. The van der Waals surface area contributed by atoms with Crippen LogP contribution >= 0.6 is 0 Å². The van der Waals surface area contributed by atoms with Crippen molar-refractivity contribution in [1.29, 1.82) is 0 Å². The number of piperidine rings is 1. The van der Waals surface area contributed by atoms with E-state index >= 15 is 0 Å². The van der Waals surface area contributed by atoms with Crippen molar-refractivity contribution < 1.29 is 8.42 Å². The highest BCUT2D eigenvalue weighted by atomic mass is 32.2. The smallest absolute Gasteiger partial charge is 0.208 e. The Morgan fingerprint density at radius 3 is 2.62 bits per heavy atom. The number of hydrogen-bond donors (Lipinski definition) is 2. The van der Waals surface area contributed by atoms with Gasteiger partial charge in [0.2, 0.25) is 10.0 Å². The quantitative estimate of drug-likeness (QED) is 0.873. The standard InChI is InChI=1S/C17H23N3O3S/c1-12-3-4-16-15(9-12)17(21)10-14(18-16)11-20-7-5-13(6-8-20)19-24(2,22)23/h3-4,9-10,13,19H,5-8,11H2,1-2H3,(H,18,21). The number of aryl methyl sites for hydroxylation is 1. The van der Waals surface area contributed by atoms with E-state index in [1.54, 1.807) is 6.07 Å². The van der Waals surface area contributed by atoms with E-state index in [1.807, 2.05) is 25.1 Å². The molecule has 1 fully saturated rings. The number of rotatable bonds is 4. The fourth-order valence-corrected chi connectivity index (χ4v) is 4.09. The summed E-state index contributed by atoms with van der Waals surface area (Å²) in [5, 5.41) is 0.717. The van der Waals surface area contributed by atoms with E-state index in [1.165, 1.54) is 6.26 Å². The molecule has 0 saturated carbocycles. The Labute approximate surface area is 141 Å². The molecule has 0 radical (unpaired) electrons. The monoisotopic (exact) mass is 349 g/mol. The summed E-state index contributed by atoms with van der Waals surface area (Å²) in [6, 6.07) is 7.51. The van der Waals surface area contributed by atoms with Crippen LogP contribution in [0, 0.1) is 6.92 Å². The van der Waals surface area contributed by atoms with Crippen LogP contribution in [-0.2, 0) is 16.6 Å². The van der Waals surface area contributed by atoms with Crippen molar-refractivity contribution in [3.63, 3.8) is 0 Å². The van der Waals surface area contributed by atoms with E-state index in [9.17, 15) is 13.2 Å². The second kappa shape index (κ2) is 6.66. The summed E-state index contributed by atoms with van der Waals surface area (Å²) in [7, 11) is -3.15. The van der Waals surface area contributed by atoms with Crippen LogP contribution in [0.2, 0.25) is 0 Å². The Morgan fingerprint density at radius 1 is 1.25 bits per heavy atom. The van der Waals surface area contributed by atoms with E-state index in [-0.39, 0.29) is 11.5 Å². The third kappa shape index (κ3) is 4.23. The average Bonchev–Trinajstić information content (AvgIpc) is 2.49. The third-order valence-corrected chi connectivity index (χ3v) is 5.16. The van der Waals surface area contributed by atoms with Gasteiger partial charge in [-0.15, -0.1) is 0 Å². The Kier molecular flexibility index (Phi) is 4.76. The van der Waals surface area contributed by atoms with Crippen molar-refractivity contribution in [2.45, 2.75) is 32.4 Å². The highest BCUT2D eigenvalue weighted by Gasteiger charge is 2.21. The molecule has 0 spiro atoms. The van der Waals surface area contributed by atoms with E-state index in [0.717, 1.165) is 48.1 Å². The van der Waals surface area contributed by atoms with Gasteiger partial charge in [-0.05, 0) is 31.9 Å². The van der Waals surface area contributed by atoms with Crippen molar-refractivity contribution >= 4 is 20.9 Å². The van der Waals surface area contributed by atoms with Gasteiger partial charge in [-0.2, -0.15) is 0 Å². The van der Waals surface area contributed by atoms with Gasteiger partial charge in [0.25, 0.3) is 0 Å². The number of likely N-dealkylation sites (tertiary alicyclic amines) is 1. The van der Waals surface area contributed by atoms with Gasteiger partial charge in [0.1, 0.15) is 0 Å². The first-order valence-corrected chi connectivity index (χ1v) is 10.0. The number of sulfonamides is 1. The van der Waals surface area contributed by atoms with E-state index < -0.39 is 10.0 Å². The molecule has 1 aliphatic heterocycles. The zero-order chi connectivity index (χ0) is 17.3. The Bertz CT molecular complexity index is 897. The molecule has 7 heteroatoms. The minimum atomic E-state index is -3.15. The number of nitrogens with zero attached hydrogens (tertiary/aromatic N) is 1. The molecule has 0 bridgehead atoms. The van der Waals surface area contributed by atoms with Gasteiger partial charge in [-0.25, -0.2) is 13.1 Å². The number of pyridine rings is 1. The second-order valence-electron chi connectivity index (χ2n) is 6.65. The van der Waals surface area contributed by atoms with Gasteiger partial charge in [-0.1, -0.05) is 11.6 Å². The van der Waals surface area contributed by atoms with Crippen LogP contribution in [-0.4, -0.2) is 43.7 Å². The van der Waals surface area contributed by atoms with Gasteiger partial charge in [0.05, 0.1) is 6.26 Å². The molecular formula is C17H23N3O3S. The third-order valence-electron chi connectivity index (χ3n) is 4.40. The average molecular weight is 349 g/mol. The van der Waals surface area contributed by atoms with Crippen molar-refractivity contribution in [1.82, 2.24) is 14.6 Å². The topological polar surface area (TPSA) is 82.3 Å². The van der Waals surface area contributed by atoms with Crippen LogP contribution in [0.15, 0.2) is 29.1 Å². The SMILES string of the molecule is Cc1ccc2[nH]c(CN3CCC(NS(C)(=O)=O)CC3)cc(=O)c2c1. The lowest BCUT2D eigenvalue weighted by Gasteiger charge is -2.31. The van der Waals surface area contributed by atoms with Gasteiger partial charge in [0.15, 0.2) is 5.43 Å². The van der Waals surface area contributed by atoms with Gasteiger partial charge >= 0.3 is 0 Å². The number of aromatic nitrogens is 1. The van der Waals surface area contributed by atoms with Crippen molar-refractivity contribution in [3.8, 4) is 0 Å². The van der Waals surface area contributed by atoms with Crippen molar-refractivity contribution in [2.24, 2.45) is 0 Å². The molecule has 2 heterocycles. The molecule has 0 atom stereocenters. The van der Waals surface area contributed by atoms with E-state index in [2.05, 4.69) is 14.6 Å². The molecule has 2 N–H and O–H groups in total. The summed E-state index contributed by atoms with van der Waals surface area (Å²) < 4.78 is 25.3. The van der Waals surface area contributed by atoms with E-state index in [4.69, 9.17) is 0 Å². The summed E-state index contributed by atoms with van der Waals surface area (Å²) in [6.45, 7) is 4.26. The molecule has 1 aliphatic rings. The zero-order valence-corrected chi connectivity index (χ0v) is 14.8. The number of benzene rings is 1. The van der Waals surface area contributed by atoms with Gasteiger partial charge in [0, 0.05) is 48.3 Å². The second-order valence-corrected chi connectivity index (χ2v) is 8.43. The Balaban J connectivity index is 1.68. The van der Waals surface area contributed by atoms with E-state index in [0.29, 0.717) is 6.54 Å². The first-order valence-electron chi connectivity index (χ1n) is 8.12. The molecule has 6 nitrogen and oxygen atoms in total. The van der Waals surface area contributed by atoms with Crippen LogP contribution in [0.5, 0.6) is 0 Å². The van der Waals surface area contributed by atoms with Crippen molar-refractivity contribution in [3.05, 3.63) is 45.7 Å². The molecule has 1 saturated heterocycles. The van der Waals surface area contributed by atoms with Crippen molar-refractivity contribution in [2.75, 3.05) is 19.3 Å².